The van der Waals surface area contributed by atoms with Crippen molar-refractivity contribution in [3.05, 3.63) is 59.0 Å². The highest BCUT2D eigenvalue weighted by atomic mass is 16.3. The molecule has 1 aliphatic rings. The fraction of sp³-hybridized carbons (Fsp3) is 0.444. The first-order chi connectivity index (χ1) is 9.74. The van der Waals surface area contributed by atoms with E-state index in [1.54, 1.807) is 17.4 Å². The van der Waals surface area contributed by atoms with Crippen molar-refractivity contribution in [2.75, 3.05) is 0 Å². The van der Waals surface area contributed by atoms with E-state index in [2.05, 4.69) is 37.4 Å². The summed E-state index contributed by atoms with van der Waals surface area (Å²) in [5.41, 5.74) is 5.70. The lowest BCUT2D eigenvalue weighted by Gasteiger charge is -2.22. The third-order valence-corrected chi connectivity index (χ3v) is 4.42. The van der Waals surface area contributed by atoms with Crippen LogP contribution in [0, 0.1) is 0 Å². The minimum atomic E-state index is 0.305. The molecule has 0 saturated heterocycles. The lowest BCUT2D eigenvalue weighted by Crippen LogP contribution is -2.22. The van der Waals surface area contributed by atoms with Crippen LogP contribution in [0.15, 0.2) is 41.2 Å². The first-order valence-electron chi connectivity index (χ1n) is 7.64. The van der Waals surface area contributed by atoms with E-state index < -0.39 is 0 Å². The van der Waals surface area contributed by atoms with Crippen molar-refractivity contribution in [1.82, 2.24) is 5.32 Å². The summed E-state index contributed by atoms with van der Waals surface area (Å²) in [5.74, 6) is 0. The summed E-state index contributed by atoms with van der Waals surface area (Å²) >= 11 is 0. The minimum Gasteiger partial charge on any atom is -0.472 e. The maximum atomic E-state index is 5.16. The molecule has 1 aromatic heterocycles. The summed E-state index contributed by atoms with van der Waals surface area (Å²) in [5, 5.41) is 3.65. The Hall–Kier alpha value is -1.54. The molecule has 1 N–H and O–H groups in total. The van der Waals surface area contributed by atoms with E-state index in [0.29, 0.717) is 12.1 Å². The molecule has 106 valence electrons. The van der Waals surface area contributed by atoms with Crippen LogP contribution < -0.4 is 5.32 Å². The molecule has 0 spiro atoms. The number of benzene rings is 1. The first kappa shape index (κ1) is 13.4. The van der Waals surface area contributed by atoms with Gasteiger partial charge in [0.15, 0.2) is 0 Å². The van der Waals surface area contributed by atoms with Crippen molar-refractivity contribution in [1.29, 1.82) is 0 Å². The van der Waals surface area contributed by atoms with Gasteiger partial charge in [0.2, 0.25) is 0 Å². The van der Waals surface area contributed by atoms with Crippen LogP contribution >= 0.6 is 0 Å². The summed E-state index contributed by atoms with van der Waals surface area (Å²) < 4.78 is 5.16. The average molecular weight is 269 g/mol. The van der Waals surface area contributed by atoms with E-state index in [4.69, 9.17) is 4.42 Å². The van der Waals surface area contributed by atoms with Gasteiger partial charge in [0, 0.05) is 17.6 Å². The fourth-order valence-electron chi connectivity index (χ4n) is 3.11. The van der Waals surface area contributed by atoms with Gasteiger partial charge in [-0.2, -0.15) is 0 Å². The molecular formula is C18H23NO. The maximum absolute atomic E-state index is 5.16. The van der Waals surface area contributed by atoms with Gasteiger partial charge in [-0.15, -0.1) is 0 Å². The van der Waals surface area contributed by atoms with Crippen LogP contribution in [0.4, 0.5) is 0 Å². The van der Waals surface area contributed by atoms with Crippen LogP contribution in [0.5, 0.6) is 0 Å². The molecule has 0 fully saturated rings. The summed E-state index contributed by atoms with van der Waals surface area (Å²) in [7, 11) is 0. The van der Waals surface area contributed by atoms with Crippen LogP contribution in [0.25, 0.3) is 0 Å². The predicted octanol–water partition coefficient (Wildman–Crippen LogP) is 4.57. The summed E-state index contributed by atoms with van der Waals surface area (Å²) in [6.45, 7) is 4.42. The number of hydrogen-bond donors (Lipinski definition) is 1. The largest absolute Gasteiger partial charge is 0.472 e. The Morgan fingerprint density at radius 1 is 0.950 bits per heavy atom. The van der Waals surface area contributed by atoms with Gasteiger partial charge in [-0.3, -0.25) is 0 Å². The zero-order valence-electron chi connectivity index (χ0n) is 12.4. The van der Waals surface area contributed by atoms with E-state index in [1.165, 1.54) is 36.8 Å². The van der Waals surface area contributed by atoms with Crippen LogP contribution in [0.2, 0.25) is 0 Å². The molecule has 20 heavy (non-hydrogen) atoms. The van der Waals surface area contributed by atoms with E-state index in [-0.39, 0.29) is 0 Å². The number of rotatable bonds is 4. The van der Waals surface area contributed by atoms with Crippen molar-refractivity contribution in [2.45, 2.75) is 51.6 Å². The van der Waals surface area contributed by atoms with Gasteiger partial charge in [0.25, 0.3) is 0 Å². The molecule has 0 aliphatic heterocycles. The second-order valence-electron chi connectivity index (χ2n) is 5.90. The molecular weight excluding hydrogens is 246 g/mol. The van der Waals surface area contributed by atoms with Crippen molar-refractivity contribution < 1.29 is 4.42 Å². The smallest absolute Gasteiger partial charge is 0.0950 e. The van der Waals surface area contributed by atoms with Gasteiger partial charge in [-0.1, -0.05) is 18.2 Å². The third-order valence-electron chi connectivity index (χ3n) is 4.42. The van der Waals surface area contributed by atoms with Crippen LogP contribution in [-0.4, -0.2) is 0 Å². The first-order valence-corrected chi connectivity index (χ1v) is 7.64. The van der Waals surface area contributed by atoms with Gasteiger partial charge in [-0.05, 0) is 62.3 Å². The molecule has 2 unspecified atom stereocenters. The quantitative estimate of drug-likeness (QED) is 0.879. The van der Waals surface area contributed by atoms with Gasteiger partial charge in [0.1, 0.15) is 0 Å². The Morgan fingerprint density at radius 2 is 1.70 bits per heavy atom. The number of fused-ring (bicyclic) bond motifs is 1. The maximum Gasteiger partial charge on any atom is 0.0950 e. The van der Waals surface area contributed by atoms with Gasteiger partial charge in [-0.25, -0.2) is 0 Å². The lowest BCUT2D eigenvalue weighted by molar-refractivity contribution is 0.485. The van der Waals surface area contributed by atoms with Crippen LogP contribution in [-0.2, 0) is 12.8 Å². The molecule has 1 aliphatic carbocycles. The van der Waals surface area contributed by atoms with Crippen LogP contribution in [0.3, 0.4) is 0 Å². The molecule has 3 rings (SSSR count). The van der Waals surface area contributed by atoms with E-state index in [9.17, 15) is 0 Å². The Morgan fingerprint density at radius 3 is 2.45 bits per heavy atom. The zero-order valence-corrected chi connectivity index (χ0v) is 12.4. The van der Waals surface area contributed by atoms with Crippen molar-refractivity contribution in [2.24, 2.45) is 0 Å². The van der Waals surface area contributed by atoms with Gasteiger partial charge in [0.05, 0.1) is 12.5 Å². The number of nitrogens with one attached hydrogen (secondary N) is 1. The van der Waals surface area contributed by atoms with Crippen molar-refractivity contribution in [3.8, 4) is 0 Å². The molecule has 1 aromatic carbocycles. The fourth-order valence-corrected chi connectivity index (χ4v) is 3.11. The molecule has 2 nitrogen and oxygen atoms in total. The molecule has 0 saturated carbocycles. The lowest BCUT2D eigenvalue weighted by atomic mass is 9.89. The number of furan rings is 1. The van der Waals surface area contributed by atoms with Crippen LogP contribution in [0.1, 0.15) is 61.0 Å². The molecule has 1 heterocycles. The summed E-state index contributed by atoms with van der Waals surface area (Å²) in [6, 6.07) is 9.69. The normalized spacial score (nSPS) is 17.5. The zero-order chi connectivity index (χ0) is 13.9. The van der Waals surface area contributed by atoms with Crippen molar-refractivity contribution in [3.63, 3.8) is 0 Å². The van der Waals surface area contributed by atoms with Crippen molar-refractivity contribution >= 4 is 0 Å². The minimum absolute atomic E-state index is 0.305. The highest BCUT2D eigenvalue weighted by Gasteiger charge is 2.15. The number of hydrogen-bond acceptors (Lipinski definition) is 2. The molecule has 0 bridgehead atoms. The van der Waals surface area contributed by atoms with E-state index >= 15 is 0 Å². The Bertz CT molecular complexity index is 559. The molecule has 2 aromatic rings. The monoisotopic (exact) mass is 269 g/mol. The molecule has 0 radical (unpaired) electrons. The second kappa shape index (κ2) is 5.84. The Kier molecular flexibility index (Phi) is 3.93. The van der Waals surface area contributed by atoms with E-state index in [0.717, 1.165) is 0 Å². The van der Waals surface area contributed by atoms with E-state index in [1.807, 2.05) is 12.3 Å². The third kappa shape index (κ3) is 2.80. The predicted molar refractivity (Wildman–Crippen MR) is 81.8 cm³/mol. The molecule has 0 amide bonds. The highest BCUT2D eigenvalue weighted by Crippen LogP contribution is 2.26. The SMILES string of the molecule is CC(NC(C)c1ccc2c(c1)CCCC2)c1ccoc1. The molecule has 2 heteroatoms. The Labute approximate surface area is 121 Å². The second-order valence-corrected chi connectivity index (χ2v) is 5.90. The standard InChI is InChI=1S/C18H23NO/c1-13(19-14(2)18-9-10-20-12-18)16-8-7-15-5-3-4-6-17(15)11-16/h7-14,19H,3-6H2,1-2H3. The highest BCUT2D eigenvalue weighted by molar-refractivity contribution is 5.35. The summed E-state index contributed by atoms with van der Waals surface area (Å²) in [6.07, 6.45) is 8.73. The number of aryl methyl sites for hydroxylation is 2. The average Bonchev–Trinajstić information content (AvgIpc) is 3.01. The van der Waals surface area contributed by atoms with Gasteiger partial charge < -0.3 is 9.73 Å². The Balaban J connectivity index is 1.72. The topological polar surface area (TPSA) is 25.2 Å². The summed E-state index contributed by atoms with van der Waals surface area (Å²) in [4.78, 5) is 0. The van der Waals surface area contributed by atoms with Gasteiger partial charge >= 0.3 is 0 Å². The molecule has 2 atom stereocenters.